The van der Waals surface area contributed by atoms with E-state index < -0.39 is 17.5 Å². The van der Waals surface area contributed by atoms with Gasteiger partial charge in [0, 0.05) is 12.6 Å². The molecule has 1 aliphatic heterocycles. The van der Waals surface area contributed by atoms with Gasteiger partial charge in [0.05, 0.1) is 11.6 Å². The first-order valence-corrected chi connectivity index (χ1v) is 8.35. The molecule has 0 unspecified atom stereocenters. The molecule has 4 amide bonds. The number of amides is 4. The van der Waals surface area contributed by atoms with Crippen LogP contribution in [-0.4, -0.2) is 46.8 Å². The van der Waals surface area contributed by atoms with Crippen LogP contribution in [-0.2, 0) is 15.1 Å². The topological polar surface area (TPSA) is 93.5 Å². The van der Waals surface area contributed by atoms with Crippen LogP contribution in [0, 0.1) is 11.3 Å². The van der Waals surface area contributed by atoms with Crippen molar-refractivity contribution in [3.8, 4) is 6.07 Å². The first-order chi connectivity index (χ1) is 11.9. The maximum atomic E-state index is 12.9. The number of rotatable bonds is 5. The minimum absolute atomic E-state index is 0.219. The predicted molar refractivity (Wildman–Crippen MR) is 89.2 cm³/mol. The summed E-state index contributed by atoms with van der Waals surface area (Å²) in [6, 6.07) is 8.22. The van der Waals surface area contributed by atoms with Gasteiger partial charge in [0.25, 0.3) is 5.91 Å². The normalized spacial score (nSPS) is 22.5. The summed E-state index contributed by atoms with van der Waals surface area (Å²) in [6.07, 6.45) is 1.94. The number of likely N-dealkylation sites (N-methyl/N-ethyl adjacent to an activating group) is 1. The number of nitriles is 1. The summed E-state index contributed by atoms with van der Waals surface area (Å²) in [5, 5.41) is 11.7. The Bertz CT molecular complexity index is 781. The molecule has 25 heavy (non-hydrogen) atoms. The number of urea groups is 1. The number of hydrogen-bond donors (Lipinski definition) is 1. The molecule has 2 fully saturated rings. The largest absolute Gasteiger partial charge is 0.338 e. The van der Waals surface area contributed by atoms with Crippen molar-refractivity contribution in [1.29, 1.82) is 5.26 Å². The van der Waals surface area contributed by atoms with E-state index >= 15 is 0 Å². The highest BCUT2D eigenvalue weighted by atomic mass is 16.2. The summed E-state index contributed by atoms with van der Waals surface area (Å²) < 4.78 is 0. The molecular formula is C18H20N4O3. The Balaban J connectivity index is 1.81. The fourth-order valence-electron chi connectivity index (χ4n) is 3.19. The fraction of sp³-hybridized carbons (Fsp3) is 0.444. The first kappa shape index (κ1) is 17.0. The summed E-state index contributed by atoms with van der Waals surface area (Å²) in [7, 11) is 0. The van der Waals surface area contributed by atoms with Crippen LogP contribution in [0.4, 0.5) is 4.79 Å². The molecule has 1 heterocycles. The van der Waals surface area contributed by atoms with E-state index in [2.05, 4.69) is 5.32 Å². The fourth-order valence-corrected chi connectivity index (χ4v) is 3.19. The Hall–Kier alpha value is -2.88. The molecule has 1 saturated carbocycles. The Kier molecular flexibility index (Phi) is 4.21. The molecule has 1 aromatic carbocycles. The number of carbonyl (C=O) groups is 3. The lowest BCUT2D eigenvalue weighted by atomic mass is 9.91. The smallest absolute Gasteiger partial charge is 0.325 e. The maximum Gasteiger partial charge on any atom is 0.325 e. The summed E-state index contributed by atoms with van der Waals surface area (Å²) in [4.78, 5) is 40.3. The van der Waals surface area contributed by atoms with Crippen LogP contribution in [0.25, 0.3) is 0 Å². The average Bonchev–Trinajstić information content (AvgIpc) is 3.41. The standard InChI is InChI=1S/C18H20N4O3/c1-3-21(14-7-8-14)15(23)11-22-16(24)18(2,20-17(22)25)13-6-4-5-12(9-13)10-19/h4-6,9,14H,3,7-8,11H2,1-2H3,(H,20,25)/t18-/m0/s1. The molecule has 0 bridgehead atoms. The molecule has 1 saturated heterocycles. The zero-order valence-corrected chi connectivity index (χ0v) is 14.3. The summed E-state index contributed by atoms with van der Waals surface area (Å²) in [6.45, 7) is 3.78. The van der Waals surface area contributed by atoms with Gasteiger partial charge in [0.15, 0.2) is 0 Å². The van der Waals surface area contributed by atoms with E-state index in [0.29, 0.717) is 17.7 Å². The molecule has 1 atom stereocenters. The molecule has 1 aromatic rings. The second-order valence-corrected chi connectivity index (χ2v) is 6.55. The molecule has 0 spiro atoms. The van der Waals surface area contributed by atoms with E-state index in [4.69, 9.17) is 5.26 Å². The van der Waals surface area contributed by atoms with E-state index in [1.807, 2.05) is 13.0 Å². The second-order valence-electron chi connectivity index (χ2n) is 6.55. The van der Waals surface area contributed by atoms with Gasteiger partial charge >= 0.3 is 6.03 Å². The SMILES string of the molecule is CCN(C(=O)CN1C(=O)N[C@@](C)(c2cccc(C#N)c2)C1=O)C1CC1. The van der Waals surface area contributed by atoms with Crippen molar-refractivity contribution in [2.45, 2.75) is 38.3 Å². The van der Waals surface area contributed by atoms with Gasteiger partial charge in [-0.2, -0.15) is 5.26 Å². The molecule has 0 aromatic heterocycles. The van der Waals surface area contributed by atoms with Gasteiger partial charge in [-0.05, 0) is 44.4 Å². The minimum atomic E-state index is -1.28. The predicted octanol–water partition coefficient (Wildman–Crippen LogP) is 1.34. The highest BCUT2D eigenvalue weighted by molar-refractivity contribution is 6.09. The van der Waals surface area contributed by atoms with E-state index in [1.54, 1.807) is 36.1 Å². The summed E-state index contributed by atoms with van der Waals surface area (Å²) in [5.41, 5.74) is -0.350. The Morgan fingerprint density at radius 2 is 2.16 bits per heavy atom. The van der Waals surface area contributed by atoms with Crippen LogP contribution >= 0.6 is 0 Å². The second kappa shape index (κ2) is 6.20. The van der Waals surface area contributed by atoms with Gasteiger partial charge in [-0.25, -0.2) is 4.79 Å². The molecule has 0 radical (unpaired) electrons. The third-order valence-corrected chi connectivity index (χ3v) is 4.79. The van der Waals surface area contributed by atoms with Crippen molar-refractivity contribution in [1.82, 2.24) is 15.1 Å². The molecular weight excluding hydrogens is 320 g/mol. The average molecular weight is 340 g/mol. The van der Waals surface area contributed by atoms with Crippen molar-refractivity contribution in [3.63, 3.8) is 0 Å². The third kappa shape index (κ3) is 2.95. The van der Waals surface area contributed by atoms with Gasteiger partial charge in [-0.1, -0.05) is 12.1 Å². The van der Waals surface area contributed by atoms with Crippen LogP contribution in [0.1, 0.15) is 37.8 Å². The van der Waals surface area contributed by atoms with E-state index in [1.165, 1.54) is 0 Å². The number of hydrogen-bond acceptors (Lipinski definition) is 4. The van der Waals surface area contributed by atoms with Crippen molar-refractivity contribution in [2.24, 2.45) is 0 Å². The van der Waals surface area contributed by atoms with Crippen LogP contribution in [0.15, 0.2) is 24.3 Å². The summed E-state index contributed by atoms with van der Waals surface area (Å²) in [5.74, 6) is -0.698. The van der Waals surface area contributed by atoms with Crippen LogP contribution in [0.5, 0.6) is 0 Å². The highest BCUT2D eigenvalue weighted by Crippen LogP contribution is 2.30. The number of nitrogens with zero attached hydrogens (tertiary/aromatic N) is 3. The van der Waals surface area contributed by atoms with Gasteiger partial charge in [0.1, 0.15) is 12.1 Å². The Labute approximate surface area is 146 Å². The zero-order chi connectivity index (χ0) is 18.2. The molecule has 7 heteroatoms. The maximum absolute atomic E-state index is 12.9. The quantitative estimate of drug-likeness (QED) is 0.819. The van der Waals surface area contributed by atoms with Gasteiger partial charge in [-0.15, -0.1) is 0 Å². The van der Waals surface area contributed by atoms with Crippen molar-refractivity contribution >= 4 is 17.8 Å². The number of benzene rings is 1. The molecule has 7 nitrogen and oxygen atoms in total. The minimum Gasteiger partial charge on any atom is -0.338 e. The van der Waals surface area contributed by atoms with Crippen LogP contribution < -0.4 is 5.32 Å². The number of nitrogens with one attached hydrogen (secondary N) is 1. The lowest BCUT2D eigenvalue weighted by molar-refractivity contribution is -0.139. The van der Waals surface area contributed by atoms with E-state index in [0.717, 1.165) is 17.7 Å². The van der Waals surface area contributed by atoms with Crippen molar-refractivity contribution < 1.29 is 14.4 Å². The summed E-state index contributed by atoms with van der Waals surface area (Å²) >= 11 is 0. The lowest BCUT2D eigenvalue weighted by Crippen LogP contribution is -2.45. The molecule has 2 aliphatic rings. The van der Waals surface area contributed by atoms with E-state index in [-0.39, 0.29) is 18.5 Å². The number of imide groups is 1. The molecule has 3 rings (SSSR count). The Morgan fingerprint density at radius 1 is 1.44 bits per heavy atom. The highest BCUT2D eigenvalue weighted by Gasteiger charge is 2.50. The zero-order valence-electron chi connectivity index (χ0n) is 14.3. The van der Waals surface area contributed by atoms with E-state index in [9.17, 15) is 14.4 Å². The van der Waals surface area contributed by atoms with Crippen LogP contribution in [0.2, 0.25) is 0 Å². The molecule has 130 valence electrons. The van der Waals surface area contributed by atoms with Gasteiger partial charge in [-0.3, -0.25) is 14.5 Å². The Morgan fingerprint density at radius 3 is 2.76 bits per heavy atom. The van der Waals surface area contributed by atoms with Gasteiger partial charge < -0.3 is 10.2 Å². The molecule has 1 aliphatic carbocycles. The van der Waals surface area contributed by atoms with Gasteiger partial charge in [0.2, 0.25) is 5.91 Å². The first-order valence-electron chi connectivity index (χ1n) is 8.35. The third-order valence-electron chi connectivity index (χ3n) is 4.79. The number of carbonyl (C=O) groups excluding carboxylic acids is 3. The monoisotopic (exact) mass is 340 g/mol. The van der Waals surface area contributed by atoms with Crippen molar-refractivity contribution in [2.75, 3.05) is 13.1 Å². The van der Waals surface area contributed by atoms with Crippen molar-refractivity contribution in [3.05, 3.63) is 35.4 Å². The lowest BCUT2D eigenvalue weighted by Gasteiger charge is -2.24. The van der Waals surface area contributed by atoms with Crippen LogP contribution in [0.3, 0.4) is 0 Å². The molecule has 1 N–H and O–H groups in total.